The third-order valence-electron chi connectivity index (χ3n) is 3.49. The second-order valence-electron chi connectivity index (χ2n) is 6.91. The summed E-state index contributed by atoms with van der Waals surface area (Å²) in [5, 5.41) is 12.7. The first-order valence-electron chi connectivity index (χ1n) is 7.64. The standard InChI is InChI=1S/C17H23N3O3/c1-17(2,3)8-12(10-21)19-15(22)9-20-11-18-14-7-5-4-6-13(14)16(20)23/h4-7,11-12,21H,8-10H2,1-3H3,(H,19,22). The van der Waals surface area contributed by atoms with E-state index in [4.69, 9.17) is 0 Å². The lowest BCUT2D eigenvalue weighted by Crippen LogP contribution is -2.42. The van der Waals surface area contributed by atoms with E-state index in [9.17, 15) is 14.7 Å². The summed E-state index contributed by atoms with van der Waals surface area (Å²) >= 11 is 0. The average molecular weight is 317 g/mol. The summed E-state index contributed by atoms with van der Waals surface area (Å²) in [5.74, 6) is -0.313. The Morgan fingerprint density at radius 2 is 2.04 bits per heavy atom. The molecule has 1 aromatic carbocycles. The van der Waals surface area contributed by atoms with Crippen LogP contribution in [-0.4, -0.2) is 33.2 Å². The van der Waals surface area contributed by atoms with Gasteiger partial charge in [0.15, 0.2) is 0 Å². The van der Waals surface area contributed by atoms with Crippen molar-refractivity contribution in [3.63, 3.8) is 0 Å². The topological polar surface area (TPSA) is 84.2 Å². The number of para-hydroxylation sites is 1. The Labute approximate surface area is 135 Å². The molecule has 6 nitrogen and oxygen atoms in total. The Hall–Kier alpha value is -2.21. The fourth-order valence-electron chi connectivity index (χ4n) is 2.55. The van der Waals surface area contributed by atoms with E-state index in [0.29, 0.717) is 17.3 Å². The number of carbonyl (C=O) groups excluding carboxylic acids is 1. The normalized spacial score (nSPS) is 13.0. The molecule has 1 heterocycles. The molecule has 0 fully saturated rings. The van der Waals surface area contributed by atoms with Crippen LogP contribution < -0.4 is 10.9 Å². The Morgan fingerprint density at radius 3 is 2.70 bits per heavy atom. The molecule has 0 bridgehead atoms. The van der Waals surface area contributed by atoms with E-state index in [-0.39, 0.29) is 36.1 Å². The van der Waals surface area contributed by atoms with Gasteiger partial charge in [-0.1, -0.05) is 32.9 Å². The fourth-order valence-corrected chi connectivity index (χ4v) is 2.55. The van der Waals surface area contributed by atoms with Crippen molar-refractivity contribution < 1.29 is 9.90 Å². The summed E-state index contributed by atoms with van der Waals surface area (Å²) in [5.41, 5.74) is 0.347. The molecule has 6 heteroatoms. The van der Waals surface area contributed by atoms with Crippen LogP contribution in [0.15, 0.2) is 35.4 Å². The molecule has 0 aliphatic rings. The van der Waals surface area contributed by atoms with Crippen molar-refractivity contribution in [1.82, 2.24) is 14.9 Å². The summed E-state index contributed by atoms with van der Waals surface area (Å²) in [4.78, 5) is 28.7. The lowest BCUT2D eigenvalue weighted by molar-refractivity contribution is -0.122. The molecule has 1 aromatic heterocycles. The predicted octanol–water partition coefficient (Wildman–Crippen LogP) is 1.31. The average Bonchev–Trinajstić information content (AvgIpc) is 2.48. The van der Waals surface area contributed by atoms with E-state index in [0.717, 1.165) is 0 Å². The highest BCUT2D eigenvalue weighted by molar-refractivity contribution is 5.79. The van der Waals surface area contributed by atoms with Crippen molar-refractivity contribution in [2.45, 2.75) is 39.8 Å². The molecule has 0 saturated heterocycles. The molecular weight excluding hydrogens is 294 g/mol. The Balaban J connectivity index is 2.11. The second kappa shape index (κ2) is 6.91. The van der Waals surface area contributed by atoms with E-state index >= 15 is 0 Å². The van der Waals surface area contributed by atoms with E-state index in [1.165, 1.54) is 10.9 Å². The first-order chi connectivity index (χ1) is 10.8. The molecule has 1 atom stereocenters. The van der Waals surface area contributed by atoms with Gasteiger partial charge in [-0.3, -0.25) is 14.2 Å². The number of nitrogens with one attached hydrogen (secondary N) is 1. The lowest BCUT2D eigenvalue weighted by atomic mass is 9.88. The van der Waals surface area contributed by atoms with Crippen molar-refractivity contribution in [2.24, 2.45) is 5.41 Å². The molecule has 2 N–H and O–H groups in total. The van der Waals surface area contributed by atoms with Crippen molar-refractivity contribution in [3.8, 4) is 0 Å². The first kappa shape index (κ1) is 17.1. The summed E-state index contributed by atoms with van der Waals surface area (Å²) in [6.45, 7) is 5.88. The highest BCUT2D eigenvalue weighted by Crippen LogP contribution is 2.20. The van der Waals surface area contributed by atoms with Crippen molar-refractivity contribution in [2.75, 3.05) is 6.61 Å². The zero-order valence-corrected chi connectivity index (χ0v) is 13.7. The van der Waals surface area contributed by atoms with E-state index in [1.807, 2.05) is 26.8 Å². The molecule has 1 unspecified atom stereocenters. The molecule has 23 heavy (non-hydrogen) atoms. The Morgan fingerprint density at radius 1 is 1.35 bits per heavy atom. The van der Waals surface area contributed by atoms with Gasteiger partial charge in [0.2, 0.25) is 5.91 Å². The predicted molar refractivity (Wildman–Crippen MR) is 89.1 cm³/mol. The van der Waals surface area contributed by atoms with Gasteiger partial charge < -0.3 is 10.4 Å². The Kier molecular flexibility index (Phi) is 5.15. The molecule has 0 radical (unpaired) electrons. The van der Waals surface area contributed by atoms with Gasteiger partial charge in [0, 0.05) is 0 Å². The lowest BCUT2D eigenvalue weighted by Gasteiger charge is -2.25. The first-order valence-corrected chi connectivity index (χ1v) is 7.64. The maximum absolute atomic E-state index is 12.3. The van der Waals surface area contributed by atoms with Gasteiger partial charge >= 0.3 is 0 Å². The molecule has 0 aliphatic carbocycles. The minimum atomic E-state index is -0.327. The summed E-state index contributed by atoms with van der Waals surface area (Å²) in [6, 6.07) is 6.69. The van der Waals surface area contributed by atoms with Gasteiger partial charge in [-0.25, -0.2) is 4.98 Å². The zero-order valence-electron chi connectivity index (χ0n) is 13.7. The van der Waals surface area contributed by atoms with Crippen LogP contribution in [0.3, 0.4) is 0 Å². The monoisotopic (exact) mass is 317 g/mol. The Bertz CT molecular complexity index is 747. The van der Waals surface area contributed by atoms with Crippen LogP contribution in [0.5, 0.6) is 0 Å². The molecule has 2 rings (SSSR count). The fraction of sp³-hybridized carbons (Fsp3) is 0.471. The van der Waals surface area contributed by atoms with Crippen molar-refractivity contribution in [3.05, 3.63) is 40.9 Å². The minimum absolute atomic E-state index is 0.0119. The second-order valence-corrected chi connectivity index (χ2v) is 6.91. The largest absolute Gasteiger partial charge is 0.394 e. The van der Waals surface area contributed by atoms with E-state index in [1.54, 1.807) is 18.2 Å². The number of benzene rings is 1. The van der Waals surface area contributed by atoms with Crippen LogP contribution in [0.25, 0.3) is 10.9 Å². The molecule has 0 aliphatic heterocycles. The van der Waals surface area contributed by atoms with Gasteiger partial charge in [-0.05, 0) is 24.0 Å². The SMILES string of the molecule is CC(C)(C)CC(CO)NC(=O)Cn1cnc2ccccc2c1=O. The van der Waals surface area contributed by atoms with Crippen molar-refractivity contribution >= 4 is 16.8 Å². The van der Waals surface area contributed by atoms with Gasteiger partial charge in [-0.2, -0.15) is 0 Å². The summed E-state index contributed by atoms with van der Waals surface area (Å²) in [6.07, 6.45) is 2.03. The molecule has 0 spiro atoms. The molecule has 1 amide bonds. The van der Waals surface area contributed by atoms with Crippen LogP contribution in [0.2, 0.25) is 0 Å². The van der Waals surface area contributed by atoms with Gasteiger partial charge in [0.1, 0.15) is 6.54 Å². The van der Waals surface area contributed by atoms with Crippen molar-refractivity contribution in [1.29, 1.82) is 0 Å². The quantitative estimate of drug-likeness (QED) is 0.871. The minimum Gasteiger partial charge on any atom is -0.394 e. The maximum Gasteiger partial charge on any atom is 0.261 e. The van der Waals surface area contributed by atoms with Crippen LogP contribution in [0.1, 0.15) is 27.2 Å². The highest BCUT2D eigenvalue weighted by Gasteiger charge is 2.20. The number of hydrogen-bond acceptors (Lipinski definition) is 4. The van der Waals surface area contributed by atoms with Crippen LogP contribution >= 0.6 is 0 Å². The summed E-state index contributed by atoms with van der Waals surface area (Å²) < 4.78 is 1.28. The number of hydrogen-bond donors (Lipinski definition) is 2. The smallest absolute Gasteiger partial charge is 0.261 e. The van der Waals surface area contributed by atoms with Gasteiger partial charge in [0.05, 0.1) is 29.9 Å². The van der Waals surface area contributed by atoms with Gasteiger partial charge in [0.25, 0.3) is 5.56 Å². The van der Waals surface area contributed by atoms with Crippen LogP contribution in [0, 0.1) is 5.41 Å². The molecule has 0 saturated carbocycles. The number of amides is 1. The number of aliphatic hydroxyl groups excluding tert-OH is 1. The van der Waals surface area contributed by atoms with E-state index in [2.05, 4.69) is 10.3 Å². The molecule has 124 valence electrons. The molecular formula is C17H23N3O3. The number of carbonyl (C=O) groups is 1. The van der Waals surface area contributed by atoms with Crippen LogP contribution in [0.4, 0.5) is 0 Å². The van der Waals surface area contributed by atoms with Gasteiger partial charge in [-0.15, -0.1) is 0 Å². The van der Waals surface area contributed by atoms with E-state index < -0.39 is 0 Å². The van der Waals surface area contributed by atoms with Crippen LogP contribution in [-0.2, 0) is 11.3 Å². The molecule has 2 aromatic rings. The summed E-state index contributed by atoms with van der Waals surface area (Å²) in [7, 11) is 0. The number of fused-ring (bicyclic) bond motifs is 1. The third-order valence-corrected chi connectivity index (χ3v) is 3.49. The third kappa shape index (κ3) is 4.63. The number of aliphatic hydroxyl groups is 1. The number of rotatable bonds is 5. The zero-order chi connectivity index (χ0) is 17.0. The number of aromatic nitrogens is 2. The highest BCUT2D eigenvalue weighted by atomic mass is 16.3. The maximum atomic E-state index is 12.3. The number of nitrogens with zero attached hydrogens (tertiary/aromatic N) is 2.